The van der Waals surface area contributed by atoms with Gasteiger partial charge in [-0.3, -0.25) is 0 Å². The van der Waals surface area contributed by atoms with E-state index in [9.17, 15) is 0 Å². The molecule has 21 heavy (non-hydrogen) atoms. The molecule has 3 nitrogen and oxygen atoms in total. The average Bonchev–Trinajstić information content (AvgIpc) is 2.42. The van der Waals surface area contributed by atoms with Crippen LogP contribution in [0.5, 0.6) is 11.6 Å². The van der Waals surface area contributed by atoms with Crippen LogP contribution in [0.3, 0.4) is 0 Å². The molecule has 0 amide bonds. The van der Waals surface area contributed by atoms with Gasteiger partial charge in [-0.2, -0.15) is 4.98 Å². The lowest BCUT2D eigenvalue weighted by atomic mass is 9.96. The Morgan fingerprint density at radius 3 is 2.52 bits per heavy atom. The van der Waals surface area contributed by atoms with Gasteiger partial charge in [-0.25, -0.2) is 4.98 Å². The summed E-state index contributed by atoms with van der Waals surface area (Å²) < 4.78 is 5.93. The van der Waals surface area contributed by atoms with E-state index < -0.39 is 0 Å². The van der Waals surface area contributed by atoms with E-state index in [1.54, 1.807) is 0 Å². The molecule has 0 fully saturated rings. The summed E-state index contributed by atoms with van der Waals surface area (Å²) in [5, 5.41) is 0.441. The van der Waals surface area contributed by atoms with Crippen molar-refractivity contribution < 1.29 is 4.74 Å². The van der Waals surface area contributed by atoms with E-state index in [1.807, 2.05) is 25.1 Å². The molecule has 1 aromatic heterocycles. The largest absolute Gasteiger partial charge is 0.439 e. The molecule has 1 aromatic carbocycles. The molecule has 0 saturated carbocycles. The standard InChI is InChI=1S/C17H21ClN2O/c1-6-12-8-7-9-13(10-12)21-15-11(2)14(18)19-16(20-15)17(3,4)5/h7-10H,6H2,1-5H3. The fraction of sp³-hybridized carbons (Fsp3) is 0.412. The Morgan fingerprint density at radius 1 is 1.19 bits per heavy atom. The highest BCUT2D eigenvalue weighted by atomic mass is 35.5. The molecule has 0 aliphatic rings. The SMILES string of the molecule is CCc1cccc(Oc2nc(C(C)(C)C)nc(Cl)c2C)c1. The normalized spacial score (nSPS) is 11.5. The summed E-state index contributed by atoms with van der Waals surface area (Å²) >= 11 is 6.22. The fourth-order valence-corrected chi connectivity index (χ4v) is 2.01. The van der Waals surface area contributed by atoms with E-state index in [0.29, 0.717) is 16.9 Å². The second-order valence-electron chi connectivity index (χ2n) is 6.12. The minimum Gasteiger partial charge on any atom is -0.439 e. The number of halogens is 1. The van der Waals surface area contributed by atoms with Crippen LogP contribution in [0.15, 0.2) is 24.3 Å². The summed E-state index contributed by atoms with van der Waals surface area (Å²) in [6.45, 7) is 10.1. The van der Waals surface area contributed by atoms with E-state index in [-0.39, 0.29) is 5.41 Å². The van der Waals surface area contributed by atoms with E-state index in [2.05, 4.69) is 43.7 Å². The molecule has 2 rings (SSSR count). The highest BCUT2D eigenvalue weighted by Crippen LogP contribution is 2.30. The monoisotopic (exact) mass is 304 g/mol. The molecule has 0 unspecified atom stereocenters. The van der Waals surface area contributed by atoms with Crippen molar-refractivity contribution in [3.8, 4) is 11.6 Å². The van der Waals surface area contributed by atoms with Crippen LogP contribution in [0.2, 0.25) is 5.15 Å². The predicted octanol–water partition coefficient (Wildman–Crippen LogP) is 5.09. The number of aryl methyl sites for hydroxylation is 1. The van der Waals surface area contributed by atoms with Gasteiger partial charge in [0.25, 0.3) is 0 Å². The van der Waals surface area contributed by atoms with Gasteiger partial charge in [0, 0.05) is 11.0 Å². The molecule has 4 heteroatoms. The fourth-order valence-electron chi connectivity index (χ4n) is 1.85. The Kier molecular flexibility index (Phi) is 4.52. The third-order valence-corrected chi connectivity index (χ3v) is 3.60. The highest BCUT2D eigenvalue weighted by molar-refractivity contribution is 6.30. The Morgan fingerprint density at radius 2 is 1.90 bits per heavy atom. The average molecular weight is 305 g/mol. The predicted molar refractivity (Wildman–Crippen MR) is 86.4 cm³/mol. The van der Waals surface area contributed by atoms with Gasteiger partial charge in [-0.05, 0) is 31.0 Å². The van der Waals surface area contributed by atoms with Crippen LogP contribution in [0, 0.1) is 6.92 Å². The first-order valence-electron chi connectivity index (χ1n) is 7.12. The number of hydrogen-bond acceptors (Lipinski definition) is 3. The van der Waals surface area contributed by atoms with Crippen molar-refractivity contribution in [1.29, 1.82) is 0 Å². The second-order valence-corrected chi connectivity index (χ2v) is 6.48. The third-order valence-electron chi connectivity index (χ3n) is 3.23. The lowest BCUT2D eigenvalue weighted by Crippen LogP contribution is -2.17. The molecule has 0 atom stereocenters. The first kappa shape index (κ1) is 15.8. The number of benzene rings is 1. The molecule has 0 saturated heterocycles. The van der Waals surface area contributed by atoms with Crippen molar-refractivity contribution >= 4 is 11.6 Å². The molecule has 112 valence electrons. The molecular formula is C17H21ClN2O. The lowest BCUT2D eigenvalue weighted by Gasteiger charge is -2.19. The molecular weight excluding hydrogens is 284 g/mol. The van der Waals surface area contributed by atoms with Crippen molar-refractivity contribution in [3.05, 3.63) is 46.4 Å². The maximum Gasteiger partial charge on any atom is 0.227 e. The Bertz CT molecular complexity index is 648. The minimum atomic E-state index is -0.180. The first-order chi connectivity index (χ1) is 9.81. The summed E-state index contributed by atoms with van der Waals surface area (Å²) in [6, 6.07) is 8.00. The maximum absolute atomic E-state index is 6.22. The van der Waals surface area contributed by atoms with Gasteiger partial charge in [-0.15, -0.1) is 0 Å². The van der Waals surface area contributed by atoms with Crippen LogP contribution in [0.25, 0.3) is 0 Å². The molecule has 0 aliphatic carbocycles. The Hall–Kier alpha value is -1.61. The number of rotatable bonds is 3. The molecule has 0 aliphatic heterocycles. The topological polar surface area (TPSA) is 35.0 Å². The van der Waals surface area contributed by atoms with Gasteiger partial charge in [-0.1, -0.05) is 51.4 Å². The zero-order valence-electron chi connectivity index (χ0n) is 13.2. The molecule has 0 N–H and O–H groups in total. The van der Waals surface area contributed by atoms with E-state index in [1.165, 1.54) is 5.56 Å². The van der Waals surface area contributed by atoms with Crippen LogP contribution in [0.4, 0.5) is 0 Å². The zero-order valence-corrected chi connectivity index (χ0v) is 14.0. The van der Waals surface area contributed by atoms with E-state index in [4.69, 9.17) is 16.3 Å². The second kappa shape index (κ2) is 6.02. The van der Waals surface area contributed by atoms with Crippen molar-refractivity contribution in [2.45, 2.75) is 46.5 Å². The summed E-state index contributed by atoms with van der Waals surface area (Å²) in [5.41, 5.74) is 1.80. The van der Waals surface area contributed by atoms with Crippen LogP contribution in [-0.2, 0) is 11.8 Å². The lowest BCUT2D eigenvalue weighted by molar-refractivity contribution is 0.441. The highest BCUT2D eigenvalue weighted by Gasteiger charge is 2.21. The van der Waals surface area contributed by atoms with E-state index >= 15 is 0 Å². The van der Waals surface area contributed by atoms with E-state index in [0.717, 1.165) is 17.7 Å². The number of ether oxygens (including phenoxy) is 1. The quantitative estimate of drug-likeness (QED) is 0.741. The minimum absolute atomic E-state index is 0.180. The van der Waals surface area contributed by atoms with Gasteiger partial charge in [0.15, 0.2) is 0 Å². The van der Waals surface area contributed by atoms with Crippen LogP contribution in [0.1, 0.15) is 44.6 Å². The van der Waals surface area contributed by atoms with Gasteiger partial charge in [0.1, 0.15) is 16.7 Å². The van der Waals surface area contributed by atoms with Crippen LogP contribution >= 0.6 is 11.6 Å². The first-order valence-corrected chi connectivity index (χ1v) is 7.50. The van der Waals surface area contributed by atoms with Crippen molar-refractivity contribution in [2.24, 2.45) is 0 Å². The third kappa shape index (κ3) is 3.73. The summed E-state index contributed by atoms with van der Waals surface area (Å²) in [6.07, 6.45) is 0.966. The summed E-state index contributed by atoms with van der Waals surface area (Å²) in [7, 11) is 0. The van der Waals surface area contributed by atoms with Gasteiger partial charge in [0.2, 0.25) is 5.88 Å². The number of nitrogens with zero attached hydrogens (tertiary/aromatic N) is 2. The van der Waals surface area contributed by atoms with Crippen LogP contribution < -0.4 is 4.74 Å². The molecule has 0 bridgehead atoms. The zero-order chi connectivity index (χ0) is 15.6. The van der Waals surface area contributed by atoms with Crippen molar-refractivity contribution in [3.63, 3.8) is 0 Å². The molecule has 0 spiro atoms. The molecule has 1 heterocycles. The Balaban J connectivity index is 2.41. The van der Waals surface area contributed by atoms with Crippen molar-refractivity contribution in [2.75, 3.05) is 0 Å². The summed E-state index contributed by atoms with van der Waals surface area (Å²) in [4.78, 5) is 8.89. The molecule has 0 radical (unpaired) electrons. The smallest absolute Gasteiger partial charge is 0.227 e. The number of hydrogen-bond donors (Lipinski definition) is 0. The van der Waals surface area contributed by atoms with Gasteiger partial charge in [0.05, 0.1) is 0 Å². The summed E-state index contributed by atoms with van der Waals surface area (Å²) in [5.74, 6) is 1.97. The van der Waals surface area contributed by atoms with Gasteiger partial charge >= 0.3 is 0 Å². The maximum atomic E-state index is 6.22. The van der Waals surface area contributed by atoms with Crippen LogP contribution in [-0.4, -0.2) is 9.97 Å². The van der Waals surface area contributed by atoms with Gasteiger partial charge < -0.3 is 4.74 Å². The number of aromatic nitrogens is 2. The molecule has 2 aromatic rings. The Labute approximate surface area is 131 Å². The van der Waals surface area contributed by atoms with Crippen molar-refractivity contribution in [1.82, 2.24) is 9.97 Å².